The van der Waals surface area contributed by atoms with E-state index in [-0.39, 0.29) is 16.8 Å². The van der Waals surface area contributed by atoms with E-state index in [0.29, 0.717) is 11.3 Å². The van der Waals surface area contributed by atoms with Gasteiger partial charge in [0.05, 0.1) is 22.5 Å². The molecular weight excluding hydrogens is 271 g/mol. The topological polar surface area (TPSA) is 63.4 Å². The first-order chi connectivity index (χ1) is 9.38. The summed E-state index contributed by atoms with van der Waals surface area (Å²) in [5, 5.41) is 16.1. The van der Waals surface area contributed by atoms with Gasteiger partial charge in [0, 0.05) is 0 Å². The van der Waals surface area contributed by atoms with E-state index in [1.54, 1.807) is 12.1 Å². The predicted octanol–water partition coefficient (Wildman–Crippen LogP) is 2.86. The number of aromatic nitrogens is 1. The van der Waals surface area contributed by atoms with Crippen LogP contribution in [0.4, 0.5) is 4.39 Å². The lowest BCUT2D eigenvalue weighted by Gasteiger charge is -2.12. The maximum absolute atomic E-state index is 13.9. The highest BCUT2D eigenvalue weighted by molar-refractivity contribution is 7.21. The van der Waals surface area contributed by atoms with Crippen molar-refractivity contribution in [2.75, 3.05) is 0 Å². The number of nitriles is 2. The second-order valence-electron chi connectivity index (χ2n) is 4.48. The van der Waals surface area contributed by atoms with E-state index in [2.05, 4.69) is 4.98 Å². The van der Waals surface area contributed by atoms with Crippen molar-refractivity contribution in [2.45, 2.75) is 12.2 Å². The summed E-state index contributed by atoms with van der Waals surface area (Å²) in [5.74, 6) is 0. The molecule has 0 spiro atoms. The molecule has 0 fully saturated rings. The third-order valence-electron chi connectivity index (χ3n) is 2.95. The van der Waals surface area contributed by atoms with Gasteiger partial charge in [-0.15, -0.1) is 9.24 Å². The largest absolute Gasteiger partial charge is 0.354 e. The van der Waals surface area contributed by atoms with Crippen LogP contribution < -0.4 is 0 Å². The number of H-pyrrole nitrogens is 1. The maximum atomic E-state index is 13.9. The molecule has 1 aromatic carbocycles. The predicted molar refractivity (Wildman–Crippen MR) is 78.6 cm³/mol. The second-order valence-corrected chi connectivity index (χ2v) is 5.32. The summed E-state index contributed by atoms with van der Waals surface area (Å²) >= 11 is 0. The Kier molecular flexibility index (Phi) is 3.66. The maximum Gasteiger partial charge on any atom is 0.135 e. The minimum Gasteiger partial charge on any atom is -0.354 e. The first kappa shape index (κ1) is 14.3. The van der Waals surface area contributed by atoms with E-state index in [4.69, 9.17) is 13.1 Å². The van der Waals surface area contributed by atoms with E-state index < -0.39 is 5.31 Å². The van der Waals surface area contributed by atoms with Gasteiger partial charge in [-0.2, -0.15) is 10.5 Å². The molecule has 0 aliphatic carbocycles. The molecular formula is C14H10BFN3P. The fourth-order valence-corrected chi connectivity index (χ4v) is 2.16. The molecule has 0 amide bonds. The highest BCUT2D eigenvalue weighted by Crippen LogP contribution is 2.36. The van der Waals surface area contributed by atoms with Gasteiger partial charge < -0.3 is 4.98 Å². The van der Waals surface area contributed by atoms with Crippen molar-refractivity contribution in [1.82, 2.24) is 4.98 Å². The van der Waals surface area contributed by atoms with Gasteiger partial charge in [-0.3, -0.25) is 0 Å². The molecule has 2 radical (unpaired) electrons. The zero-order valence-electron chi connectivity index (χ0n) is 10.7. The Bertz CT molecular complexity index is 730. The second kappa shape index (κ2) is 5.12. The Labute approximate surface area is 120 Å². The van der Waals surface area contributed by atoms with Crippen LogP contribution in [0.1, 0.15) is 22.4 Å². The van der Waals surface area contributed by atoms with E-state index in [1.165, 1.54) is 0 Å². The molecule has 1 heterocycles. The highest BCUT2D eigenvalue weighted by Gasteiger charge is 2.29. The first-order valence-corrected chi connectivity index (χ1v) is 6.36. The summed E-state index contributed by atoms with van der Waals surface area (Å²) in [5.41, 5.74) is 2.07. The van der Waals surface area contributed by atoms with Crippen molar-refractivity contribution in [2.24, 2.45) is 0 Å². The van der Waals surface area contributed by atoms with E-state index in [9.17, 15) is 9.65 Å². The Hall–Kier alpha value is -2.10. The summed E-state index contributed by atoms with van der Waals surface area (Å²) in [6.45, 7) is 1.94. The van der Waals surface area contributed by atoms with Crippen molar-refractivity contribution < 1.29 is 4.39 Å². The van der Waals surface area contributed by atoms with Gasteiger partial charge in [0.2, 0.25) is 0 Å². The summed E-state index contributed by atoms with van der Waals surface area (Å²) in [6, 6.07) is 11.1. The third-order valence-corrected chi connectivity index (χ3v) is 3.24. The number of nitrogens with zero attached hydrogens (tertiary/aromatic N) is 2. The van der Waals surface area contributed by atoms with E-state index in [1.807, 2.05) is 40.4 Å². The van der Waals surface area contributed by atoms with Crippen LogP contribution in [-0.2, 0) is 5.31 Å². The monoisotopic (exact) mass is 281 g/mol. The third kappa shape index (κ3) is 2.46. The van der Waals surface area contributed by atoms with Crippen LogP contribution in [0.3, 0.4) is 0 Å². The number of rotatable bonds is 2. The van der Waals surface area contributed by atoms with Crippen LogP contribution >= 0.6 is 9.24 Å². The number of hydrogen-bond donors (Lipinski definition) is 1. The summed E-state index contributed by atoms with van der Waals surface area (Å²) < 4.78 is 13.9. The molecule has 0 bridgehead atoms. The quantitative estimate of drug-likeness (QED) is 0.679. The minimum atomic E-state index is -2.29. The lowest BCUT2D eigenvalue weighted by Crippen LogP contribution is -2.12. The molecule has 1 N–H and O–H groups in total. The minimum absolute atomic E-state index is 0.0666. The lowest BCUT2D eigenvalue weighted by molar-refractivity contribution is 0.405. The van der Waals surface area contributed by atoms with Crippen LogP contribution in [0.25, 0.3) is 11.3 Å². The molecule has 2 unspecified atom stereocenters. The van der Waals surface area contributed by atoms with Crippen LogP contribution in [0, 0.1) is 29.6 Å². The number of hydrogen-bond acceptors (Lipinski definition) is 2. The zero-order chi connectivity index (χ0) is 14.9. The molecule has 0 saturated carbocycles. The number of aryl methyl sites for hydroxylation is 1. The molecule has 2 aromatic rings. The van der Waals surface area contributed by atoms with E-state index in [0.717, 1.165) is 5.56 Å². The molecule has 2 rings (SSSR count). The number of aromatic amines is 1. The number of halogens is 1. The summed E-state index contributed by atoms with van der Waals surface area (Å²) in [4.78, 5) is 2.76. The van der Waals surface area contributed by atoms with Gasteiger partial charge in [-0.25, -0.2) is 4.39 Å². The SMILES string of the molecule is [B]C(F)(P)c1[nH]c(-c2ccc(C)cc2)c(C#N)c1C#N. The molecule has 0 saturated heterocycles. The number of alkyl halides is 1. The molecule has 0 aliphatic rings. The van der Waals surface area contributed by atoms with Gasteiger partial charge in [-0.1, -0.05) is 29.8 Å². The van der Waals surface area contributed by atoms with Crippen molar-refractivity contribution >= 4 is 17.1 Å². The van der Waals surface area contributed by atoms with Crippen LogP contribution in [-0.4, -0.2) is 12.8 Å². The molecule has 96 valence electrons. The Morgan fingerprint density at radius 2 is 1.75 bits per heavy atom. The van der Waals surface area contributed by atoms with Crippen molar-refractivity contribution in [1.29, 1.82) is 10.5 Å². The van der Waals surface area contributed by atoms with Gasteiger partial charge in [0.25, 0.3) is 0 Å². The fraction of sp³-hybridized carbons (Fsp3) is 0.143. The van der Waals surface area contributed by atoms with Gasteiger partial charge in [0.1, 0.15) is 25.3 Å². The molecule has 0 aliphatic heterocycles. The highest BCUT2D eigenvalue weighted by atomic mass is 31.0. The smallest absolute Gasteiger partial charge is 0.135 e. The molecule has 20 heavy (non-hydrogen) atoms. The standard InChI is InChI=1S/C14H10BFN3P/c1-8-2-4-9(5-3-8)12-10(6-17)11(7-18)13(19-12)14(15,16)20/h2-5,19H,20H2,1H3. The average Bonchev–Trinajstić information content (AvgIpc) is 2.77. The van der Waals surface area contributed by atoms with Crippen molar-refractivity contribution in [3.63, 3.8) is 0 Å². The Morgan fingerprint density at radius 3 is 2.20 bits per heavy atom. The van der Waals surface area contributed by atoms with Crippen molar-refractivity contribution in [3.8, 4) is 23.4 Å². The molecule has 6 heteroatoms. The fourth-order valence-electron chi connectivity index (χ4n) is 1.95. The lowest BCUT2D eigenvalue weighted by atomic mass is 9.94. The van der Waals surface area contributed by atoms with Crippen molar-refractivity contribution in [3.05, 3.63) is 46.6 Å². The Morgan fingerprint density at radius 1 is 1.20 bits per heavy atom. The van der Waals surface area contributed by atoms with E-state index >= 15 is 0 Å². The van der Waals surface area contributed by atoms with Crippen LogP contribution in [0.5, 0.6) is 0 Å². The van der Waals surface area contributed by atoms with Crippen LogP contribution in [0.2, 0.25) is 0 Å². The summed E-state index contributed by atoms with van der Waals surface area (Å²) in [6.07, 6.45) is 0. The summed E-state index contributed by atoms with van der Waals surface area (Å²) in [7, 11) is 7.19. The van der Waals surface area contributed by atoms with Gasteiger partial charge in [0.15, 0.2) is 0 Å². The van der Waals surface area contributed by atoms with Crippen LogP contribution in [0.15, 0.2) is 24.3 Å². The normalized spacial score (nSPS) is 13.2. The number of nitrogens with one attached hydrogen (secondary N) is 1. The molecule has 1 aromatic heterocycles. The Balaban J connectivity index is 2.73. The van der Waals surface area contributed by atoms with Gasteiger partial charge >= 0.3 is 0 Å². The molecule has 2 atom stereocenters. The van der Waals surface area contributed by atoms with Gasteiger partial charge in [-0.05, 0) is 12.5 Å². The first-order valence-electron chi connectivity index (χ1n) is 5.78. The molecule has 3 nitrogen and oxygen atoms in total. The zero-order valence-corrected chi connectivity index (χ0v) is 11.9. The average molecular weight is 281 g/mol. The number of benzene rings is 1.